The van der Waals surface area contributed by atoms with Crippen LogP contribution >= 0.6 is 0 Å². The Morgan fingerprint density at radius 3 is 2.32 bits per heavy atom. The van der Waals surface area contributed by atoms with Crippen molar-refractivity contribution in [1.82, 2.24) is 5.32 Å². The molecule has 1 aromatic rings. The Labute approximate surface area is 116 Å². The van der Waals surface area contributed by atoms with Gasteiger partial charge in [-0.3, -0.25) is 0 Å². The highest BCUT2D eigenvalue weighted by atomic mass is 16.5. The molecule has 106 valence electrons. The minimum atomic E-state index is 0.328. The highest BCUT2D eigenvalue weighted by Crippen LogP contribution is 2.28. The van der Waals surface area contributed by atoms with Gasteiger partial charge in [0.2, 0.25) is 0 Å². The van der Waals surface area contributed by atoms with Crippen molar-refractivity contribution in [3.05, 3.63) is 36.4 Å². The SMILES string of the molecule is C=CCCCC(NCC)c1cc(OC)cc(OC)c1. The summed E-state index contributed by atoms with van der Waals surface area (Å²) in [4.78, 5) is 0. The molecule has 0 saturated carbocycles. The van der Waals surface area contributed by atoms with E-state index in [2.05, 4.69) is 31.0 Å². The van der Waals surface area contributed by atoms with Crippen LogP contribution in [0.4, 0.5) is 0 Å². The summed E-state index contributed by atoms with van der Waals surface area (Å²) in [7, 11) is 3.36. The average Bonchev–Trinajstić information content (AvgIpc) is 2.46. The van der Waals surface area contributed by atoms with Crippen LogP contribution in [-0.4, -0.2) is 20.8 Å². The normalized spacial score (nSPS) is 11.9. The molecule has 1 unspecified atom stereocenters. The van der Waals surface area contributed by atoms with Crippen LogP contribution in [0.2, 0.25) is 0 Å². The molecule has 0 amide bonds. The maximum atomic E-state index is 5.33. The van der Waals surface area contributed by atoms with Crippen molar-refractivity contribution < 1.29 is 9.47 Å². The van der Waals surface area contributed by atoms with E-state index < -0.39 is 0 Å². The van der Waals surface area contributed by atoms with Crippen molar-refractivity contribution in [2.24, 2.45) is 0 Å². The van der Waals surface area contributed by atoms with Crippen LogP contribution in [0.25, 0.3) is 0 Å². The third kappa shape index (κ3) is 4.95. The highest BCUT2D eigenvalue weighted by Gasteiger charge is 2.12. The second-order valence-corrected chi connectivity index (χ2v) is 4.48. The number of hydrogen-bond donors (Lipinski definition) is 1. The zero-order chi connectivity index (χ0) is 14.1. The van der Waals surface area contributed by atoms with E-state index >= 15 is 0 Å². The largest absolute Gasteiger partial charge is 0.497 e. The van der Waals surface area contributed by atoms with Crippen LogP contribution in [0.3, 0.4) is 0 Å². The van der Waals surface area contributed by atoms with Crippen molar-refractivity contribution in [3.63, 3.8) is 0 Å². The molecule has 0 saturated heterocycles. The van der Waals surface area contributed by atoms with E-state index in [0.717, 1.165) is 37.3 Å². The van der Waals surface area contributed by atoms with Gasteiger partial charge in [0.1, 0.15) is 11.5 Å². The molecule has 0 radical (unpaired) electrons. The van der Waals surface area contributed by atoms with Crippen molar-refractivity contribution in [2.45, 2.75) is 32.2 Å². The molecule has 0 heterocycles. The average molecular weight is 263 g/mol. The molecule has 1 atom stereocenters. The highest BCUT2D eigenvalue weighted by molar-refractivity contribution is 5.39. The predicted molar refractivity (Wildman–Crippen MR) is 80.0 cm³/mol. The minimum Gasteiger partial charge on any atom is -0.497 e. The molecule has 0 fully saturated rings. The first kappa shape index (κ1) is 15.6. The van der Waals surface area contributed by atoms with Gasteiger partial charge < -0.3 is 14.8 Å². The standard InChI is InChI=1S/C16H25NO2/c1-5-7-8-9-16(17-6-2)13-10-14(18-3)12-15(11-13)19-4/h5,10-12,16-17H,1,6-9H2,2-4H3. The van der Waals surface area contributed by atoms with Crippen LogP contribution in [0.5, 0.6) is 11.5 Å². The molecule has 0 aromatic heterocycles. The number of methoxy groups -OCH3 is 2. The molecule has 0 aliphatic carbocycles. The third-order valence-electron chi connectivity index (χ3n) is 3.13. The second kappa shape index (κ2) is 8.59. The second-order valence-electron chi connectivity index (χ2n) is 4.48. The number of rotatable bonds is 9. The Hall–Kier alpha value is -1.48. The number of allylic oxidation sites excluding steroid dienone is 1. The molecule has 0 aliphatic heterocycles. The molecule has 0 aliphatic rings. The quantitative estimate of drug-likeness (QED) is 0.544. The van der Waals surface area contributed by atoms with E-state index in [4.69, 9.17) is 9.47 Å². The summed E-state index contributed by atoms with van der Waals surface area (Å²) in [5.41, 5.74) is 1.21. The molecule has 0 bridgehead atoms. The fraction of sp³-hybridized carbons (Fsp3) is 0.500. The minimum absolute atomic E-state index is 0.328. The summed E-state index contributed by atoms with van der Waals surface area (Å²) < 4.78 is 10.7. The zero-order valence-electron chi connectivity index (χ0n) is 12.2. The van der Waals surface area contributed by atoms with Crippen molar-refractivity contribution in [1.29, 1.82) is 0 Å². The summed E-state index contributed by atoms with van der Waals surface area (Å²) >= 11 is 0. The molecule has 1 rings (SSSR count). The van der Waals surface area contributed by atoms with Gasteiger partial charge >= 0.3 is 0 Å². The van der Waals surface area contributed by atoms with Crippen LogP contribution in [-0.2, 0) is 0 Å². The Morgan fingerprint density at radius 1 is 1.21 bits per heavy atom. The van der Waals surface area contributed by atoms with Gasteiger partial charge in [0.15, 0.2) is 0 Å². The fourth-order valence-corrected chi connectivity index (χ4v) is 2.13. The van der Waals surface area contributed by atoms with Crippen molar-refractivity contribution in [2.75, 3.05) is 20.8 Å². The number of benzene rings is 1. The summed E-state index contributed by atoms with van der Waals surface area (Å²) in [5, 5.41) is 3.52. The summed E-state index contributed by atoms with van der Waals surface area (Å²) in [6.45, 7) is 6.84. The summed E-state index contributed by atoms with van der Waals surface area (Å²) in [6, 6.07) is 6.37. The summed E-state index contributed by atoms with van der Waals surface area (Å²) in [5.74, 6) is 1.67. The van der Waals surface area contributed by atoms with Gasteiger partial charge in [0.05, 0.1) is 14.2 Å². The smallest absolute Gasteiger partial charge is 0.122 e. The zero-order valence-corrected chi connectivity index (χ0v) is 12.2. The van der Waals surface area contributed by atoms with E-state index in [9.17, 15) is 0 Å². The molecule has 3 nitrogen and oxygen atoms in total. The number of unbranched alkanes of at least 4 members (excludes halogenated alkanes) is 1. The van der Waals surface area contributed by atoms with E-state index in [1.54, 1.807) is 14.2 Å². The molecular weight excluding hydrogens is 238 g/mol. The molecular formula is C16H25NO2. The van der Waals surface area contributed by atoms with Crippen molar-refractivity contribution in [3.8, 4) is 11.5 Å². The molecule has 3 heteroatoms. The lowest BCUT2D eigenvalue weighted by atomic mass is 10.00. The molecule has 1 N–H and O–H groups in total. The van der Waals surface area contributed by atoms with Gasteiger partial charge in [0, 0.05) is 12.1 Å². The van der Waals surface area contributed by atoms with E-state index in [0.29, 0.717) is 6.04 Å². The number of nitrogens with one attached hydrogen (secondary N) is 1. The predicted octanol–water partition coefficient (Wildman–Crippen LogP) is 3.71. The van der Waals surface area contributed by atoms with Crippen LogP contribution in [0.1, 0.15) is 37.8 Å². The number of hydrogen-bond acceptors (Lipinski definition) is 3. The fourth-order valence-electron chi connectivity index (χ4n) is 2.13. The maximum absolute atomic E-state index is 5.33. The van der Waals surface area contributed by atoms with Crippen LogP contribution < -0.4 is 14.8 Å². The van der Waals surface area contributed by atoms with E-state index in [1.807, 2.05) is 12.1 Å². The van der Waals surface area contributed by atoms with Gasteiger partial charge in [-0.05, 0) is 43.5 Å². The Balaban J connectivity index is 2.89. The monoisotopic (exact) mass is 263 g/mol. The van der Waals surface area contributed by atoms with Gasteiger partial charge in [-0.25, -0.2) is 0 Å². The van der Waals surface area contributed by atoms with Gasteiger partial charge in [-0.15, -0.1) is 6.58 Å². The molecule has 0 spiro atoms. The van der Waals surface area contributed by atoms with Gasteiger partial charge in [-0.1, -0.05) is 13.0 Å². The third-order valence-corrected chi connectivity index (χ3v) is 3.13. The first-order valence-electron chi connectivity index (χ1n) is 6.82. The molecule has 1 aromatic carbocycles. The van der Waals surface area contributed by atoms with Crippen LogP contribution in [0, 0.1) is 0 Å². The van der Waals surface area contributed by atoms with E-state index in [1.165, 1.54) is 5.56 Å². The lowest BCUT2D eigenvalue weighted by Gasteiger charge is -2.19. The van der Waals surface area contributed by atoms with E-state index in [-0.39, 0.29) is 0 Å². The van der Waals surface area contributed by atoms with Crippen LogP contribution in [0.15, 0.2) is 30.9 Å². The Morgan fingerprint density at radius 2 is 1.84 bits per heavy atom. The topological polar surface area (TPSA) is 30.5 Å². The van der Waals surface area contributed by atoms with Crippen molar-refractivity contribution >= 4 is 0 Å². The first-order chi connectivity index (χ1) is 9.24. The Kier molecular flexibility index (Phi) is 7.04. The lowest BCUT2D eigenvalue weighted by molar-refractivity contribution is 0.390. The Bertz CT molecular complexity index is 368. The lowest BCUT2D eigenvalue weighted by Crippen LogP contribution is -2.21. The summed E-state index contributed by atoms with van der Waals surface area (Å²) in [6.07, 6.45) is 5.22. The first-order valence-corrected chi connectivity index (χ1v) is 6.82. The van der Waals surface area contributed by atoms with Gasteiger partial charge in [0.25, 0.3) is 0 Å². The van der Waals surface area contributed by atoms with Gasteiger partial charge in [-0.2, -0.15) is 0 Å². The number of ether oxygens (including phenoxy) is 2. The molecule has 19 heavy (non-hydrogen) atoms. The maximum Gasteiger partial charge on any atom is 0.122 e.